The molecule has 2 aliphatic heterocycles. The summed E-state index contributed by atoms with van der Waals surface area (Å²) in [6.45, 7) is 0.849. The maximum atomic E-state index is 5.57. The first kappa shape index (κ1) is 13.7. The molecular formula is C16H25N3O2. The lowest BCUT2D eigenvalue weighted by atomic mass is 10.00. The summed E-state index contributed by atoms with van der Waals surface area (Å²) in [5, 5.41) is 4.23. The zero-order valence-corrected chi connectivity index (χ0v) is 12.8. The maximum absolute atomic E-state index is 5.57. The summed E-state index contributed by atoms with van der Waals surface area (Å²) in [4.78, 5) is 7.25. The van der Waals surface area contributed by atoms with Crippen molar-refractivity contribution in [2.75, 3.05) is 7.11 Å². The van der Waals surface area contributed by atoms with E-state index >= 15 is 0 Å². The summed E-state index contributed by atoms with van der Waals surface area (Å²) < 4.78 is 11.1. The molecule has 1 aliphatic carbocycles. The third kappa shape index (κ3) is 2.61. The molecule has 2 saturated heterocycles. The van der Waals surface area contributed by atoms with Crippen LogP contribution in [-0.2, 0) is 11.3 Å². The minimum atomic E-state index is 0.443. The van der Waals surface area contributed by atoms with Crippen LogP contribution in [-0.4, -0.2) is 40.3 Å². The number of piperidine rings is 1. The highest BCUT2D eigenvalue weighted by molar-refractivity contribution is 5.00. The first-order valence-corrected chi connectivity index (χ1v) is 8.44. The van der Waals surface area contributed by atoms with Gasteiger partial charge in [-0.05, 0) is 38.5 Å². The van der Waals surface area contributed by atoms with Crippen LogP contribution in [0.1, 0.15) is 69.0 Å². The maximum Gasteiger partial charge on any atom is 0.229 e. The van der Waals surface area contributed by atoms with Gasteiger partial charge in [0.15, 0.2) is 5.82 Å². The molecule has 0 spiro atoms. The van der Waals surface area contributed by atoms with Crippen molar-refractivity contribution in [3.63, 3.8) is 0 Å². The van der Waals surface area contributed by atoms with Gasteiger partial charge in [0, 0.05) is 25.1 Å². The van der Waals surface area contributed by atoms with E-state index in [0.717, 1.165) is 31.1 Å². The van der Waals surface area contributed by atoms with E-state index in [1.165, 1.54) is 38.5 Å². The molecule has 21 heavy (non-hydrogen) atoms. The van der Waals surface area contributed by atoms with Crippen LogP contribution in [0.15, 0.2) is 4.52 Å². The highest BCUT2D eigenvalue weighted by atomic mass is 16.5. The summed E-state index contributed by atoms with van der Waals surface area (Å²) in [7, 11) is 1.84. The van der Waals surface area contributed by atoms with Crippen molar-refractivity contribution in [3.8, 4) is 0 Å². The van der Waals surface area contributed by atoms with Crippen molar-refractivity contribution in [1.82, 2.24) is 15.0 Å². The Morgan fingerprint density at radius 2 is 1.86 bits per heavy atom. The van der Waals surface area contributed by atoms with Crippen LogP contribution >= 0.6 is 0 Å². The summed E-state index contributed by atoms with van der Waals surface area (Å²) in [6, 6.07) is 1.28. The fourth-order valence-electron chi connectivity index (χ4n) is 4.51. The Morgan fingerprint density at radius 3 is 2.52 bits per heavy atom. The van der Waals surface area contributed by atoms with Gasteiger partial charge in [-0.1, -0.05) is 18.0 Å². The number of rotatable bonds is 4. The molecule has 3 aliphatic rings. The lowest BCUT2D eigenvalue weighted by Crippen LogP contribution is -2.44. The minimum absolute atomic E-state index is 0.443. The van der Waals surface area contributed by atoms with Crippen LogP contribution in [0.3, 0.4) is 0 Å². The van der Waals surface area contributed by atoms with Crippen molar-refractivity contribution >= 4 is 0 Å². The summed E-state index contributed by atoms with van der Waals surface area (Å²) in [5.74, 6) is 2.27. The average molecular weight is 291 g/mol. The van der Waals surface area contributed by atoms with E-state index < -0.39 is 0 Å². The first-order valence-electron chi connectivity index (χ1n) is 8.44. The third-order valence-corrected chi connectivity index (χ3v) is 5.69. The molecule has 1 saturated carbocycles. The minimum Gasteiger partial charge on any atom is -0.381 e. The van der Waals surface area contributed by atoms with Gasteiger partial charge in [-0.2, -0.15) is 4.98 Å². The standard InChI is InChI=1S/C16H25N3O2/c1-20-14-8-12-6-7-13(9-14)19(12)10-15-17-16(21-18-15)11-4-2-3-5-11/h11-14H,2-10H2,1H3/t12-,13+,14?. The quantitative estimate of drug-likeness (QED) is 0.853. The molecule has 5 nitrogen and oxygen atoms in total. The van der Waals surface area contributed by atoms with Crippen molar-refractivity contribution in [2.24, 2.45) is 0 Å². The summed E-state index contributed by atoms with van der Waals surface area (Å²) in [6.07, 6.45) is 10.4. The number of aromatic nitrogens is 2. The van der Waals surface area contributed by atoms with E-state index in [4.69, 9.17) is 9.26 Å². The fraction of sp³-hybridized carbons (Fsp3) is 0.875. The number of nitrogens with zero attached hydrogens (tertiary/aromatic N) is 3. The Bertz CT molecular complexity index is 470. The van der Waals surface area contributed by atoms with E-state index in [-0.39, 0.29) is 0 Å². The molecular weight excluding hydrogens is 266 g/mol. The molecule has 3 heterocycles. The molecule has 0 aromatic carbocycles. The predicted molar refractivity (Wildman–Crippen MR) is 77.9 cm³/mol. The Labute approximate surface area is 126 Å². The van der Waals surface area contributed by atoms with Crippen LogP contribution < -0.4 is 0 Å². The number of hydrogen-bond donors (Lipinski definition) is 0. The van der Waals surface area contributed by atoms with E-state index in [0.29, 0.717) is 24.1 Å². The molecule has 3 fully saturated rings. The molecule has 5 heteroatoms. The number of hydrogen-bond acceptors (Lipinski definition) is 5. The van der Waals surface area contributed by atoms with Gasteiger partial charge in [0.25, 0.3) is 0 Å². The van der Waals surface area contributed by atoms with Crippen LogP contribution in [0.5, 0.6) is 0 Å². The molecule has 116 valence electrons. The smallest absolute Gasteiger partial charge is 0.229 e. The lowest BCUT2D eigenvalue weighted by molar-refractivity contribution is 0.00135. The molecule has 1 aromatic rings. The molecule has 1 unspecified atom stereocenters. The largest absolute Gasteiger partial charge is 0.381 e. The van der Waals surface area contributed by atoms with Crippen LogP contribution in [0.4, 0.5) is 0 Å². The molecule has 0 radical (unpaired) electrons. The van der Waals surface area contributed by atoms with Gasteiger partial charge in [-0.25, -0.2) is 0 Å². The zero-order chi connectivity index (χ0) is 14.2. The third-order valence-electron chi connectivity index (χ3n) is 5.69. The van der Waals surface area contributed by atoms with Gasteiger partial charge in [-0.15, -0.1) is 0 Å². The van der Waals surface area contributed by atoms with Gasteiger partial charge >= 0.3 is 0 Å². The van der Waals surface area contributed by atoms with Crippen molar-refractivity contribution in [3.05, 3.63) is 11.7 Å². The van der Waals surface area contributed by atoms with E-state index in [2.05, 4.69) is 15.0 Å². The second-order valence-electron chi connectivity index (χ2n) is 6.92. The molecule has 2 bridgehead atoms. The Balaban J connectivity index is 1.42. The first-order chi connectivity index (χ1) is 10.3. The zero-order valence-electron chi connectivity index (χ0n) is 12.8. The second-order valence-corrected chi connectivity index (χ2v) is 6.92. The number of methoxy groups -OCH3 is 1. The van der Waals surface area contributed by atoms with Gasteiger partial charge in [0.2, 0.25) is 5.89 Å². The van der Waals surface area contributed by atoms with Crippen molar-refractivity contribution in [2.45, 2.75) is 82.0 Å². The SMILES string of the molecule is COC1C[C@H]2CC[C@@H](C1)N2Cc1noc(C2CCCC2)n1. The molecule has 0 N–H and O–H groups in total. The fourth-order valence-corrected chi connectivity index (χ4v) is 4.51. The normalized spacial score (nSPS) is 33.9. The van der Waals surface area contributed by atoms with Gasteiger partial charge < -0.3 is 9.26 Å². The number of fused-ring (bicyclic) bond motifs is 2. The van der Waals surface area contributed by atoms with Gasteiger partial charge in [0.1, 0.15) is 0 Å². The predicted octanol–water partition coefficient (Wildman–Crippen LogP) is 2.87. The van der Waals surface area contributed by atoms with E-state index in [1.54, 1.807) is 0 Å². The summed E-state index contributed by atoms with van der Waals surface area (Å²) in [5.41, 5.74) is 0. The van der Waals surface area contributed by atoms with Gasteiger partial charge in [0.05, 0.1) is 12.6 Å². The molecule has 3 atom stereocenters. The highest BCUT2D eigenvalue weighted by Gasteiger charge is 2.41. The van der Waals surface area contributed by atoms with E-state index in [1.807, 2.05) is 7.11 Å². The van der Waals surface area contributed by atoms with Crippen molar-refractivity contribution in [1.29, 1.82) is 0 Å². The highest BCUT2D eigenvalue weighted by Crippen LogP contribution is 2.38. The Morgan fingerprint density at radius 1 is 1.14 bits per heavy atom. The Hall–Kier alpha value is -0.940. The van der Waals surface area contributed by atoms with Crippen LogP contribution in [0.25, 0.3) is 0 Å². The molecule has 1 aromatic heterocycles. The topological polar surface area (TPSA) is 51.4 Å². The Kier molecular flexibility index (Phi) is 3.71. The van der Waals surface area contributed by atoms with Gasteiger partial charge in [-0.3, -0.25) is 4.90 Å². The lowest BCUT2D eigenvalue weighted by Gasteiger charge is -2.37. The monoisotopic (exact) mass is 291 g/mol. The second kappa shape index (κ2) is 5.69. The van der Waals surface area contributed by atoms with Crippen molar-refractivity contribution < 1.29 is 9.26 Å². The van der Waals surface area contributed by atoms with E-state index in [9.17, 15) is 0 Å². The van der Waals surface area contributed by atoms with Crippen LogP contribution in [0, 0.1) is 0 Å². The molecule has 0 amide bonds. The molecule has 4 rings (SSSR count). The average Bonchev–Trinajstić information content (AvgIpc) is 3.20. The van der Waals surface area contributed by atoms with Crippen LogP contribution in [0.2, 0.25) is 0 Å². The number of ether oxygens (including phenoxy) is 1. The summed E-state index contributed by atoms with van der Waals surface area (Å²) >= 11 is 0.